The molecule has 0 fully saturated rings. The van der Waals surface area contributed by atoms with Crippen molar-refractivity contribution < 1.29 is 9.53 Å². The lowest BCUT2D eigenvalue weighted by Gasteiger charge is -2.19. The molecule has 20 heavy (non-hydrogen) atoms. The summed E-state index contributed by atoms with van der Waals surface area (Å²) >= 11 is 5.81. The van der Waals surface area contributed by atoms with Gasteiger partial charge in [0.2, 0.25) is 0 Å². The number of benzene rings is 2. The molecule has 0 radical (unpaired) electrons. The first-order valence-electron chi connectivity index (χ1n) is 6.70. The first kappa shape index (κ1) is 13.3. The molecule has 2 aromatic rings. The van der Waals surface area contributed by atoms with E-state index in [0.717, 1.165) is 17.2 Å². The topological polar surface area (TPSA) is 29.5 Å². The first-order chi connectivity index (χ1) is 9.69. The van der Waals surface area contributed by atoms with Crippen LogP contribution in [0.1, 0.15) is 16.8 Å². The van der Waals surface area contributed by atoms with Crippen LogP contribution in [0.2, 0.25) is 0 Å². The van der Waals surface area contributed by atoms with Crippen LogP contribution in [0.4, 0.5) is 0 Å². The number of hydrogen-bond donors (Lipinski definition) is 0. The monoisotopic (exact) mass is 289 g/mol. The van der Waals surface area contributed by atoms with Gasteiger partial charge in [-0.25, -0.2) is 0 Å². The third kappa shape index (κ3) is 2.34. The van der Waals surface area contributed by atoms with Crippen LogP contribution in [0.25, 0.3) is 10.8 Å². The Bertz CT molecular complexity index is 656. The highest BCUT2D eigenvalue weighted by molar-refractivity contribution is 6.17. The number of halogens is 1. The predicted octanol–water partition coefficient (Wildman–Crippen LogP) is 3.30. The molecule has 0 N–H and O–H groups in total. The van der Waals surface area contributed by atoms with Crippen molar-refractivity contribution in [1.29, 1.82) is 0 Å². The molecule has 1 atom stereocenters. The van der Waals surface area contributed by atoms with Crippen molar-refractivity contribution in [3.63, 3.8) is 0 Å². The van der Waals surface area contributed by atoms with E-state index in [2.05, 4.69) is 0 Å². The van der Waals surface area contributed by atoms with Crippen LogP contribution in [-0.4, -0.2) is 36.4 Å². The lowest BCUT2D eigenvalue weighted by atomic mass is 10.1. The van der Waals surface area contributed by atoms with Crippen LogP contribution < -0.4 is 4.74 Å². The molecular formula is C16H16ClNO2. The second-order valence-corrected chi connectivity index (χ2v) is 5.48. The van der Waals surface area contributed by atoms with Gasteiger partial charge in [0.15, 0.2) is 0 Å². The van der Waals surface area contributed by atoms with E-state index in [9.17, 15) is 4.79 Å². The average Bonchev–Trinajstić information content (AvgIpc) is 2.55. The summed E-state index contributed by atoms with van der Waals surface area (Å²) in [5, 5.41) is 2.13. The highest BCUT2D eigenvalue weighted by Gasteiger charge is 2.26. The zero-order valence-corrected chi connectivity index (χ0v) is 12.1. The molecule has 1 aliphatic heterocycles. The number of alkyl halides is 1. The molecule has 104 valence electrons. The average molecular weight is 290 g/mol. The number of likely N-dealkylation sites (N-methyl/N-ethyl adjacent to an activating group) is 1. The standard InChI is InChI=1S/C16H16ClNO2/c1-18-10-13(6-7-17)20-15-9-12-5-3-2-4-11(12)8-14(15)16(18)19/h2-5,8-9,13H,6-7,10H2,1H3. The van der Waals surface area contributed by atoms with E-state index in [1.54, 1.807) is 11.9 Å². The maximum absolute atomic E-state index is 12.4. The molecule has 0 aliphatic carbocycles. The van der Waals surface area contributed by atoms with Crippen molar-refractivity contribution in [2.45, 2.75) is 12.5 Å². The summed E-state index contributed by atoms with van der Waals surface area (Å²) in [5.41, 5.74) is 0.628. The molecule has 1 aliphatic rings. The molecule has 0 aromatic heterocycles. The summed E-state index contributed by atoms with van der Waals surface area (Å²) in [6.45, 7) is 0.566. The van der Waals surface area contributed by atoms with E-state index in [1.165, 1.54) is 0 Å². The molecular weight excluding hydrogens is 274 g/mol. The van der Waals surface area contributed by atoms with Crippen LogP contribution in [0, 0.1) is 0 Å². The molecule has 1 amide bonds. The summed E-state index contributed by atoms with van der Waals surface area (Å²) in [5.74, 6) is 1.19. The Labute approximate surface area is 123 Å². The largest absolute Gasteiger partial charge is 0.488 e. The number of rotatable bonds is 2. The Kier molecular flexibility index (Phi) is 3.53. The van der Waals surface area contributed by atoms with E-state index >= 15 is 0 Å². The Balaban J connectivity index is 2.11. The number of hydrogen-bond acceptors (Lipinski definition) is 2. The lowest BCUT2D eigenvalue weighted by Crippen LogP contribution is -2.34. The van der Waals surface area contributed by atoms with Gasteiger partial charge in [-0.15, -0.1) is 11.6 Å². The maximum Gasteiger partial charge on any atom is 0.257 e. The molecule has 3 rings (SSSR count). The number of carbonyl (C=O) groups is 1. The Morgan fingerprint density at radius 2 is 2.00 bits per heavy atom. The van der Waals surface area contributed by atoms with Crippen LogP contribution >= 0.6 is 11.6 Å². The Morgan fingerprint density at radius 3 is 2.70 bits per heavy atom. The number of ether oxygens (including phenoxy) is 1. The van der Waals surface area contributed by atoms with Gasteiger partial charge in [-0.3, -0.25) is 4.79 Å². The number of fused-ring (bicyclic) bond motifs is 2. The molecule has 1 unspecified atom stereocenters. The van der Waals surface area contributed by atoms with Crippen molar-refractivity contribution in [2.24, 2.45) is 0 Å². The Morgan fingerprint density at radius 1 is 1.30 bits per heavy atom. The molecule has 0 spiro atoms. The van der Waals surface area contributed by atoms with Gasteiger partial charge in [0, 0.05) is 12.9 Å². The molecule has 0 saturated carbocycles. The highest BCUT2D eigenvalue weighted by Crippen LogP contribution is 2.30. The predicted molar refractivity (Wildman–Crippen MR) is 80.7 cm³/mol. The first-order valence-corrected chi connectivity index (χ1v) is 7.23. The smallest absolute Gasteiger partial charge is 0.257 e. The van der Waals surface area contributed by atoms with Gasteiger partial charge in [-0.1, -0.05) is 24.3 Å². The fourth-order valence-corrected chi connectivity index (χ4v) is 2.81. The van der Waals surface area contributed by atoms with E-state index in [-0.39, 0.29) is 12.0 Å². The minimum absolute atomic E-state index is 0.00262. The van der Waals surface area contributed by atoms with E-state index in [4.69, 9.17) is 16.3 Å². The van der Waals surface area contributed by atoms with Crippen molar-refractivity contribution in [1.82, 2.24) is 4.90 Å². The second kappa shape index (κ2) is 5.33. The fraction of sp³-hybridized carbons (Fsp3) is 0.312. The van der Waals surface area contributed by atoms with E-state index < -0.39 is 0 Å². The Hall–Kier alpha value is -1.74. The minimum Gasteiger partial charge on any atom is -0.488 e. The van der Waals surface area contributed by atoms with Gasteiger partial charge >= 0.3 is 0 Å². The molecule has 0 bridgehead atoms. The van der Waals surface area contributed by atoms with Gasteiger partial charge in [0.25, 0.3) is 5.91 Å². The molecule has 4 heteroatoms. The fourth-order valence-electron chi connectivity index (χ4n) is 2.57. The molecule has 1 heterocycles. The lowest BCUT2D eigenvalue weighted by molar-refractivity contribution is 0.0759. The van der Waals surface area contributed by atoms with Gasteiger partial charge in [0.1, 0.15) is 11.9 Å². The maximum atomic E-state index is 12.4. The van der Waals surface area contributed by atoms with Gasteiger partial charge in [-0.2, -0.15) is 0 Å². The van der Waals surface area contributed by atoms with Crippen LogP contribution in [0.5, 0.6) is 5.75 Å². The number of amides is 1. The van der Waals surface area contributed by atoms with Crippen molar-refractivity contribution in [2.75, 3.05) is 19.5 Å². The summed E-state index contributed by atoms with van der Waals surface area (Å²) in [6.07, 6.45) is 0.676. The van der Waals surface area contributed by atoms with Crippen molar-refractivity contribution >= 4 is 28.3 Å². The summed E-state index contributed by atoms with van der Waals surface area (Å²) in [6, 6.07) is 11.8. The molecule has 2 aromatic carbocycles. The quantitative estimate of drug-likeness (QED) is 0.794. The van der Waals surface area contributed by atoms with Gasteiger partial charge in [-0.05, 0) is 29.3 Å². The van der Waals surface area contributed by atoms with Crippen molar-refractivity contribution in [3.05, 3.63) is 42.0 Å². The summed E-state index contributed by atoms with van der Waals surface area (Å²) in [4.78, 5) is 14.1. The van der Waals surface area contributed by atoms with Gasteiger partial charge < -0.3 is 9.64 Å². The van der Waals surface area contributed by atoms with E-state index in [0.29, 0.717) is 23.7 Å². The number of carbonyl (C=O) groups excluding carboxylic acids is 1. The number of nitrogens with zero attached hydrogens (tertiary/aromatic N) is 1. The summed E-state index contributed by atoms with van der Waals surface area (Å²) in [7, 11) is 1.80. The van der Waals surface area contributed by atoms with Crippen LogP contribution in [-0.2, 0) is 0 Å². The molecule has 3 nitrogen and oxygen atoms in total. The van der Waals surface area contributed by atoms with Crippen LogP contribution in [0.15, 0.2) is 36.4 Å². The third-order valence-corrected chi connectivity index (χ3v) is 3.85. The summed E-state index contributed by atoms with van der Waals surface area (Å²) < 4.78 is 6.00. The van der Waals surface area contributed by atoms with Gasteiger partial charge in [0.05, 0.1) is 12.1 Å². The zero-order valence-electron chi connectivity index (χ0n) is 11.3. The highest BCUT2D eigenvalue weighted by atomic mass is 35.5. The SMILES string of the molecule is CN1CC(CCCl)Oc2cc3ccccc3cc2C1=O. The second-order valence-electron chi connectivity index (χ2n) is 5.10. The van der Waals surface area contributed by atoms with Crippen molar-refractivity contribution in [3.8, 4) is 5.75 Å². The molecule has 0 saturated heterocycles. The third-order valence-electron chi connectivity index (χ3n) is 3.63. The van der Waals surface area contributed by atoms with Crippen LogP contribution in [0.3, 0.4) is 0 Å². The van der Waals surface area contributed by atoms with E-state index in [1.807, 2.05) is 36.4 Å². The normalized spacial score (nSPS) is 18.6. The minimum atomic E-state index is -0.0520. The zero-order chi connectivity index (χ0) is 14.1.